The molecule has 1 aromatic carbocycles. The number of hydrogen-bond donors (Lipinski definition) is 2. The lowest BCUT2D eigenvalue weighted by molar-refractivity contribution is -0.118. The Bertz CT molecular complexity index is 829. The normalized spacial score (nSPS) is 20.4. The van der Waals surface area contributed by atoms with Crippen LogP contribution in [0, 0.1) is 0 Å². The lowest BCUT2D eigenvalue weighted by Crippen LogP contribution is -2.44. The van der Waals surface area contributed by atoms with Crippen LogP contribution in [0.15, 0.2) is 24.4 Å². The van der Waals surface area contributed by atoms with Crippen molar-refractivity contribution < 1.29 is 14.3 Å². The van der Waals surface area contributed by atoms with E-state index in [0.717, 1.165) is 10.9 Å². The molecule has 0 aliphatic carbocycles. The van der Waals surface area contributed by atoms with Gasteiger partial charge in [0.15, 0.2) is 0 Å². The van der Waals surface area contributed by atoms with Crippen molar-refractivity contribution in [2.45, 2.75) is 37.5 Å². The molecule has 0 spiro atoms. The van der Waals surface area contributed by atoms with Gasteiger partial charge >= 0.3 is 6.09 Å². The fourth-order valence-electron chi connectivity index (χ4n) is 2.97. The Morgan fingerprint density at radius 1 is 1.38 bits per heavy atom. The molecule has 0 saturated carbocycles. The molecule has 1 saturated heterocycles. The molecule has 1 aromatic heterocycles. The van der Waals surface area contributed by atoms with Crippen molar-refractivity contribution in [2.24, 2.45) is 0 Å². The standard InChI is InChI=1S/C18H24N4O3S/c1-17(2,3)25-16(24)22-8-7-18(11-22,26-4)15(23)20-13-5-6-14-12(9-13)10-19-21-14/h5-6,9-10H,7-8,11H2,1-4H3,(H,19,21)(H,20,23)/t18-/m0/s1. The van der Waals surface area contributed by atoms with Crippen molar-refractivity contribution in [3.05, 3.63) is 24.4 Å². The minimum absolute atomic E-state index is 0.0982. The van der Waals surface area contributed by atoms with E-state index in [1.165, 1.54) is 11.8 Å². The van der Waals surface area contributed by atoms with Gasteiger partial charge in [-0.2, -0.15) is 5.10 Å². The van der Waals surface area contributed by atoms with Gasteiger partial charge in [-0.05, 0) is 51.6 Å². The Labute approximate surface area is 156 Å². The van der Waals surface area contributed by atoms with Crippen molar-refractivity contribution in [3.8, 4) is 0 Å². The monoisotopic (exact) mass is 376 g/mol. The first-order chi connectivity index (χ1) is 12.2. The third-order valence-corrected chi connectivity index (χ3v) is 5.69. The summed E-state index contributed by atoms with van der Waals surface area (Å²) in [6.07, 6.45) is 3.83. The first-order valence-corrected chi connectivity index (χ1v) is 9.73. The maximum Gasteiger partial charge on any atom is 0.410 e. The third kappa shape index (κ3) is 3.80. The minimum atomic E-state index is -0.678. The second kappa shape index (κ2) is 6.83. The van der Waals surface area contributed by atoms with Crippen LogP contribution in [0.5, 0.6) is 0 Å². The molecule has 1 aliphatic rings. The number of nitrogens with zero attached hydrogens (tertiary/aromatic N) is 2. The van der Waals surface area contributed by atoms with Gasteiger partial charge in [0.25, 0.3) is 0 Å². The van der Waals surface area contributed by atoms with Gasteiger partial charge in [-0.1, -0.05) is 0 Å². The number of carbonyl (C=O) groups excluding carboxylic acids is 2. The van der Waals surface area contributed by atoms with Crippen LogP contribution in [0.3, 0.4) is 0 Å². The van der Waals surface area contributed by atoms with E-state index in [1.807, 2.05) is 45.2 Å². The zero-order valence-electron chi connectivity index (χ0n) is 15.5. The van der Waals surface area contributed by atoms with Gasteiger partial charge < -0.3 is 15.0 Å². The molecule has 2 N–H and O–H groups in total. The summed E-state index contributed by atoms with van der Waals surface area (Å²) in [6.45, 7) is 6.34. The lowest BCUT2D eigenvalue weighted by atomic mass is 10.1. The number of aromatic amines is 1. The quantitative estimate of drug-likeness (QED) is 0.859. The van der Waals surface area contributed by atoms with Gasteiger partial charge in [-0.3, -0.25) is 9.89 Å². The molecule has 2 heterocycles. The topological polar surface area (TPSA) is 87.3 Å². The summed E-state index contributed by atoms with van der Waals surface area (Å²) in [5.74, 6) is -0.0982. The molecule has 8 heteroatoms. The molecule has 0 radical (unpaired) electrons. The number of carbonyl (C=O) groups is 2. The van der Waals surface area contributed by atoms with E-state index >= 15 is 0 Å². The smallest absolute Gasteiger partial charge is 0.410 e. The molecule has 2 amide bonds. The predicted octanol–water partition coefficient (Wildman–Crippen LogP) is 3.24. The number of amides is 2. The maximum atomic E-state index is 13.0. The number of hydrogen-bond acceptors (Lipinski definition) is 5. The van der Waals surface area contributed by atoms with E-state index in [-0.39, 0.29) is 12.0 Å². The first kappa shape index (κ1) is 18.6. The Morgan fingerprint density at radius 2 is 2.15 bits per heavy atom. The van der Waals surface area contributed by atoms with Crippen molar-refractivity contribution in [2.75, 3.05) is 24.7 Å². The molecule has 26 heavy (non-hydrogen) atoms. The summed E-state index contributed by atoms with van der Waals surface area (Å²) < 4.78 is 4.75. The van der Waals surface area contributed by atoms with Crippen molar-refractivity contribution in [3.63, 3.8) is 0 Å². The number of aromatic nitrogens is 2. The van der Waals surface area contributed by atoms with Crippen LogP contribution in [-0.4, -0.2) is 56.8 Å². The van der Waals surface area contributed by atoms with E-state index in [0.29, 0.717) is 25.2 Å². The van der Waals surface area contributed by atoms with Gasteiger partial charge in [0, 0.05) is 24.2 Å². The van der Waals surface area contributed by atoms with Crippen molar-refractivity contribution >= 4 is 40.4 Å². The lowest BCUT2D eigenvalue weighted by Gasteiger charge is -2.27. The van der Waals surface area contributed by atoms with Crippen LogP contribution in [0.1, 0.15) is 27.2 Å². The Kier molecular flexibility index (Phi) is 4.88. The summed E-state index contributed by atoms with van der Waals surface area (Å²) in [5, 5.41) is 10.8. The Balaban J connectivity index is 1.71. The number of nitrogens with one attached hydrogen (secondary N) is 2. The van der Waals surface area contributed by atoms with Crippen LogP contribution < -0.4 is 5.32 Å². The number of thioether (sulfide) groups is 1. The van der Waals surface area contributed by atoms with Gasteiger partial charge in [0.1, 0.15) is 10.3 Å². The highest BCUT2D eigenvalue weighted by molar-refractivity contribution is 8.00. The van der Waals surface area contributed by atoms with E-state index < -0.39 is 10.3 Å². The summed E-state index contributed by atoms with van der Waals surface area (Å²) in [4.78, 5) is 26.9. The van der Waals surface area contributed by atoms with Crippen molar-refractivity contribution in [1.29, 1.82) is 0 Å². The molecule has 2 aromatic rings. The highest BCUT2D eigenvalue weighted by Crippen LogP contribution is 2.35. The van der Waals surface area contributed by atoms with Gasteiger partial charge in [-0.15, -0.1) is 11.8 Å². The zero-order chi connectivity index (χ0) is 18.9. The molecule has 1 atom stereocenters. The number of H-pyrrole nitrogens is 1. The molecule has 3 rings (SSSR count). The average molecular weight is 376 g/mol. The molecular weight excluding hydrogens is 352 g/mol. The number of benzene rings is 1. The van der Waals surface area contributed by atoms with Crippen LogP contribution >= 0.6 is 11.8 Å². The molecule has 1 aliphatic heterocycles. The van der Waals surface area contributed by atoms with E-state index in [9.17, 15) is 9.59 Å². The largest absolute Gasteiger partial charge is 0.444 e. The molecule has 1 fully saturated rings. The SMILES string of the molecule is CS[C@@]1(C(=O)Nc2ccc3[nH]ncc3c2)CCN(C(=O)OC(C)(C)C)C1. The second-order valence-electron chi connectivity index (χ2n) is 7.48. The van der Waals surface area contributed by atoms with Crippen LogP contribution in [0.25, 0.3) is 10.9 Å². The number of fused-ring (bicyclic) bond motifs is 1. The number of ether oxygens (including phenoxy) is 1. The van der Waals surface area contributed by atoms with Crippen LogP contribution in [0.4, 0.5) is 10.5 Å². The summed E-state index contributed by atoms with van der Waals surface area (Å²) >= 11 is 1.47. The molecule has 140 valence electrons. The summed E-state index contributed by atoms with van der Waals surface area (Å²) in [5.41, 5.74) is 1.08. The maximum absolute atomic E-state index is 13.0. The summed E-state index contributed by atoms with van der Waals surface area (Å²) in [6, 6.07) is 5.60. The van der Waals surface area contributed by atoms with Gasteiger partial charge in [-0.25, -0.2) is 4.79 Å². The average Bonchev–Trinajstić information content (AvgIpc) is 3.20. The highest BCUT2D eigenvalue weighted by Gasteiger charge is 2.46. The summed E-state index contributed by atoms with van der Waals surface area (Å²) in [7, 11) is 0. The van der Waals surface area contributed by atoms with E-state index in [4.69, 9.17) is 4.74 Å². The first-order valence-electron chi connectivity index (χ1n) is 8.50. The van der Waals surface area contributed by atoms with Gasteiger partial charge in [0.05, 0.1) is 11.7 Å². The predicted molar refractivity (Wildman–Crippen MR) is 103 cm³/mol. The molecular formula is C18H24N4O3S. The van der Waals surface area contributed by atoms with Crippen LogP contribution in [0.2, 0.25) is 0 Å². The van der Waals surface area contributed by atoms with E-state index in [1.54, 1.807) is 11.1 Å². The molecule has 7 nitrogen and oxygen atoms in total. The number of rotatable bonds is 3. The third-order valence-electron chi connectivity index (χ3n) is 4.39. The van der Waals surface area contributed by atoms with Gasteiger partial charge in [0.2, 0.25) is 5.91 Å². The van der Waals surface area contributed by atoms with Crippen molar-refractivity contribution in [1.82, 2.24) is 15.1 Å². The highest BCUT2D eigenvalue weighted by atomic mass is 32.2. The molecule has 0 unspecified atom stereocenters. The zero-order valence-corrected chi connectivity index (χ0v) is 16.3. The fraction of sp³-hybridized carbons (Fsp3) is 0.500. The molecule has 0 bridgehead atoms. The van der Waals surface area contributed by atoms with E-state index in [2.05, 4.69) is 15.5 Å². The second-order valence-corrected chi connectivity index (χ2v) is 8.67. The number of anilines is 1. The number of likely N-dealkylation sites (tertiary alicyclic amines) is 1. The fourth-order valence-corrected chi connectivity index (χ4v) is 3.79. The Hall–Kier alpha value is -2.22. The van der Waals surface area contributed by atoms with Crippen LogP contribution in [-0.2, 0) is 9.53 Å². The Morgan fingerprint density at radius 3 is 2.85 bits per heavy atom. The minimum Gasteiger partial charge on any atom is -0.444 e.